The van der Waals surface area contributed by atoms with Gasteiger partial charge in [-0.1, -0.05) is 12.8 Å². The van der Waals surface area contributed by atoms with Gasteiger partial charge in [-0.15, -0.1) is 6.42 Å². The van der Waals surface area contributed by atoms with Crippen molar-refractivity contribution in [1.29, 1.82) is 0 Å². The van der Waals surface area contributed by atoms with Gasteiger partial charge in [0, 0.05) is 5.54 Å². The highest BCUT2D eigenvalue weighted by molar-refractivity contribution is 4.84. The smallest absolute Gasteiger partial charge is 0.107 e. The van der Waals surface area contributed by atoms with Crippen LogP contribution in [0.5, 0.6) is 0 Å². The molecule has 0 aromatic rings. The first-order valence-electron chi connectivity index (χ1n) is 3.42. The van der Waals surface area contributed by atoms with E-state index in [1.165, 1.54) is 0 Å². The molecule has 0 aliphatic heterocycles. The number of hydrogen-bond donors (Lipinski definition) is 1. The van der Waals surface area contributed by atoms with E-state index in [2.05, 4.69) is 5.92 Å². The zero-order chi connectivity index (χ0) is 8.04. The van der Waals surface area contributed by atoms with Crippen LogP contribution >= 0.6 is 0 Å². The Balaban J connectivity index is 3.39. The van der Waals surface area contributed by atoms with Gasteiger partial charge < -0.3 is 10.5 Å². The number of terminal acetylenes is 1. The van der Waals surface area contributed by atoms with Crippen LogP contribution in [0.2, 0.25) is 0 Å². The molecule has 2 heteroatoms. The monoisotopic (exact) mass is 141 g/mol. The van der Waals surface area contributed by atoms with Crippen molar-refractivity contribution in [2.75, 3.05) is 13.2 Å². The lowest BCUT2D eigenvalue weighted by molar-refractivity contribution is 0.115. The third-order valence-electron chi connectivity index (χ3n) is 1.42. The molecule has 10 heavy (non-hydrogen) atoms. The van der Waals surface area contributed by atoms with Crippen molar-refractivity contribution in [1.82, 2.24) is 0 Å². The normalized spacial score (nSPS) is 15.8. The lowest BCUT2D eigenvalue weighted by Crippen LogP contribution is -2.40. The Bertz CT molecular complexity index is 124. The molecule has 0 spiro atoms. The zero-order valence-corrected chi connectivity index (χ0v) is 6.68. The van der Waals surface area contributed by atoms with E-state index in [9.17, 15) is 0 Å². The first-order chi connectivity index (χ1) is 4.62. The minimum atomic E-state index is -0.225. The summed E-state index contributed by atoms with van der Waals surface area (Å²) in [6, 6.07) is 0. The molecule has 2 nitrogen and oxygen atoms in total. The zero-order valence-electron chi connectivity index (χ0n) is 6.68. The second-order valence-electron chi connectivity index (χ2n) is 2.70. The fourth-order valence-corrected chi connectivity index (χ4v) is 0.445. The van der Waals surface area contributed by atoms with E-state index in [1.807, 2.05) is 13.8 Å². The molecule has 1 unspecified atom stereocenters. The molecule has 0 heterocycles. The fourth-order valence-electron chi connectivity index (χ4n) is 0.445. The van der Waals surface area contributed by atoms with E-state index in [0.717, 1.165) is 6.42 Å². The van der Waals surface area contributed by atoms with Crippen molar-refractivity contribution in [3.63, 3.8) is 0 Å². The third kappa shape index (κ3) is 4.37. The van der Waals surface area contributed by atoms with Gasteiger partial charge in [0.25, 0.3) is 0 Å². The molecule has 58 valence electrons. The van der Waals surface area contributed by atoms with E-state index in [4.69, 9.17) is 16.9 Å². The summed E-state index contributed by atoms with van der Waals surface area (Å²) in [5, 5.41) is 0. The van der Waals surface area contributed by atoms with Crippen molar-refractivity contribution < 1.29 is 4.74 Å². The average molecular weight is 141 g/mol. The summed E-state index contributed by atoms with van der Waals surface area (Å²) in [7, 11) is 0. The molecular formula is C8H15NO. The molecule has 0 aromatic carbocycles. The van der Waals surface area contributed by atoms with Gasteiger partial charge in [-0.3, -0.25) is 0 Å². The fraction of sp³-hybridized carbons (Fsp3) is 0.750. The molecule has 0 aromatic heterocycles. The van der Waals surface area contributed by atoms with Crippen LogP contribution in [0.15, 0.2) is 0 Å². The maximum absolute atomic E-state index is 5.76. The SMILES string of the molecule is C#CCOCC(C)(N)CC. The molecule has 0 saturated carbocycles. The predicted molar refractivity (Wildman–Crippen MR) is 42.5 cm³/mol. The second kappa shape index (κ2) is 4.32. The Hall–Kier alpha value is -0.520. The highest BCUT2D eigenvalue weighted by Gasteiger charge is 2.14. The van der Waals surface area contributed by atoms with Crippen LogP contribution in [0.3, 0.4) is 0 Å². The van der Waals surface area contributed by atoms with Crippen LogP contribution in [-0.4, -0.2) is 18.8 Å². The summed E-state index contributed by atoms with van der Waals surface area (Å²) in [5.41, 5.74) is 5.54. The summed E-state index contributed by atoms with van der Waals surface area (Å²) in [5.74, 6) is 2.39. The second-order valence-corrected chi connectivity index (χ2v) is 2.70. The van der Waals surface area contributed by atoms with Crippen molar-refractivity contribution in [2.45, 2.75) is 25.8 Å². The van der Waals surface area contributed by atoms with Crippen LogP contribution in [0.25, 0.3) is 0 Å². The van der Waals surface area contributed by atoms with Gasteiger partial charge in [-0.05, 0) is 13.3 Å². The van der Waals surface area contributed by atoms with Gasteiger partial charge in [0.05, 0.1) is 6.61 Å². The van der Waals surface area contributed by atoms with Crippen LogP contribution in [0.4, 0.5) is 0 Å². The molecular weight excluding hydrogens is 126 g/mol. The summed E-state index contributed by atoms with van der Waals surface area (Å²) >= 11 is 0. The van der Waals surface area contributed by atoms with E-state index in [-0.39, 0.29) is 5.54 Å². The molecule has 0 radical (unpaired) electrons. The number of nitrogens with two attached hydrogens (primary N) is 1. The maximum Gasteiger partial charge on any atom is 0.107 e. The van der Waals surface area contributed by atoms with Gasteiger partial charge in [0.2, 0.25) is 0 Å². The lowest BCUT2D eigenvalue weighted by Gasteiger charge is -2.21. The summed E-state index contributed by atoms with van der Waals surface area (Å²) < 4.78 is 5.08. The van der Waals surface area contributed by atoms with Crippen molar-refractivity contribution >= 4 is 0 Å². The average Bonchev–Trinajstić information content (AvgIpc) is 1.89. The van der Waals surface area contributed by atoms with E-state index in [1.54, 1.807) is 0 Å². The Kier molecular flexibility index (Phi) is 4.10. The van der Waals surface area contributed by atoms with Gasteiger partial charge in [-0.2, -0.15) is 0 Å². The van der Waals surface area contributed by atoms with Crippen molar-refractivity contribution in [3.05, 3.63) is 0 Å². The summed E-state index contributed by atoms with van der Waals surface area (Å²) in [6.45, 7) is 4.86. The quantitative estimate of drug-likeness (QED) is 0.463. The van der Waals surface area contributed by atoms with E-state index < -0.39 is 0 Å². The summed E-state index contributed by atoms with van der Waals surface area (Å²) in [4.78, 5) is 0. The molecule has 0 amide bonds. The molecule has 1 atom stereocenters. The van der Waals surface area contributed by atoms with Gasteiger partial charge >= 0.3 is 0 Å². The molecule has 0 rings (SSSR count). The van der Waals surface area contributed by atoms with Crippen LogP contribution in [0.1, 0.15) is 20.3 Å². The number of ether oxygens (including phenoxy) is 1. The molecule has 0 bridgehead atoms. The molecule has 0 fully saturated rings. The van der Waals surface area contributed by atoms with Crippen LogP contribution in [-0.2, 0) is 4.74 Å². The minimum absolute atomic E-state index is 0.225. The maximum atomic E-state index is 5.76. The first-order valence-corrected chi connectivity index (χ1v) is 3.42. The van der Waals surface area contributed by atoms with Crippen LogP contribution in [0, 0.1) is 12.3 Å². The lowest BCUT2D eigenvalue weighted by atomic mass is 10.0. The van der Waals surface area contributed by atoms with Gasteiger partial charge in [0.15, 0.2) is 0 Å². The van der Waals surface area contributed by atoms with E-state index in [0.29, 0.717) is 13.2 Å². The highest BCUT2D eigenvalue weighted by Crippen LogP contribution is 2.03. The van der Waals surface area contributed by atoms with Crippen molar-refractivity contribution in [3.8, 4) is 12.3 Å². The Labute approximate surface area is 62.7 Å². The number of rotatable bonds is 4. The minimum Gasteiger partial charge on any atom is -0.367 e. The topological polar surface area (TPSA) is 35.2 Å². The Morgan fingerprint density at radius 3 is 2.70 bits per heavy atom. The molecule has 2 N–H and O–H groups in total. The molecule has 0 aliphatic carbocycles. The van der Waals surface area contributed by atoms with Gasteiger partial charge in [-0.25, -0.2) is 0 Å². The van der Waals surface area contributed by atoms with E-state index >= 15 is 0 Å². The van der Waals surface area contributed by atoms with Crippen molar-refractivity contribution in [2.24, 2.45) is 5.73 Å². The predicted octanol–water partition coefficient (Wildman–Crippen LogP) is 0.764. The third-order valence-corrected chi connectivity index (χ3v) is 1.42. The first kappa shape index (κ1) is 9.48. The van der Waals surface area contributed by atoms with Gasteiger partial charge in [0.1, 0.15) is 6.61 Å². The standard InChI is InChI=1S/C8H15NO/c1-4-6-10-7-8(3,9)5-2/h1H,5-7,9H2,2-3H3. The highest BCUT2D eigenvalue weighted by atomic mass is 16.5. The van der Waals surface area contributed by atoms with Crippen LogP contribution < -0.4 is 5.73 Å². The Morgan fingerprint density at radius 2 is 2.30 bits per heavy atom. The summed E-state index contributed by atoms with van der Waals surface area (Å²) in [6.07, 6.45) is 5.88. The number of hydrogen-bond acceptors (Lipinski definition) is 2. The molecule has 0 saturated heterocycles. The Morgan fingerprint density at radius 1 is 1.70 bits per heavy atom. The molecule has 0 aliphatic rings. The largest absolute Gasteiger partial charge is 0.367 e.